The maximum Gasteiger partial charge on any atom is 0.306 e. The van der Waals surface area contributed by atoms with Gasteiger partial charge in [-0.1, -0.05) is 230 Å². The smallest absolute Gasteiger partial charge is 0.306 e. The molecule has 0 radical (unpaired) electrons. The van der Waals surface area contributed by atoms with E-state index in [-0.39, 0.29) is 24.9 Å². The summed E-state index contributed by atoms with van der Waals surface area (Å²) in [7, 11) is 0. The number of amides is 1. The molecule has 60 heavy (non-hydrogen) atoms. The third kappa shape index (κ3) is 42.5. The van der Waals surface area contributed by atoms with Crippen molar-refractivity contribution in [3.05, 3.63) is 48.6 Å². The highest BCUT2D eigenvalue weighted by molar-refractivity contribution is 5.77. The maximum atomic E-state index is 13.2. The van der Waals surface area contributed by atoms with Crippen LogP contribution >= 0.6 is 0 Å². The van der Waals surface area contributed by atoms with Gasteiger partial charge in [-0.3, -0.25) is 9.59 Å². The molecule has 350 valence electrons. The molecule has 0 saturated heterocycles. The summed E-state index contributed by atoms with van der Waals surface area (Å²) in [5, 5.41) is 23.8. The maximum absolute atomic E-state index is 13.2. The number of aliphatic hydroxyl groups excluding tert-OH is 2. The van der Waals surface area contributed by atoms with Gasteiger partial charge in [-0.2, -0.15) is 0 Å². The van der Waals surface area contributed by atoms with Crippen LogP contribution < -0.4 is 5.32 Å². The number of nitrogens with one attached hydrogen (secondary N) is 1. The van der Waals surface area contributed by atoms with E-state index in [0.717, 1.165) is 89.9 Å². The van der Waals surface area contributed by atoms with Crippen molar-refractivity contribution >= 4 is 11.9 Å². The molecule has 3 unspecified atom stereocenters. The number of aliphatic hydroxyl groups is 2. The molecule has 3 N–H and O–H groups in total. The quantitative estimate of drug-likeness (QED) is 0.0322. The van der Waals surface area contributed by atoms with Crippen LogP contribution in [0.15, 0.2) is 48.6 Å². The van der Waals surface area contributed by atoms with Gasteiger partial charge in [-0.05, 0) is 64.2 Å². The molecular formula is C54H99NO5. The number of ether oxygens (including phenoxy) is 1. The Bertz CT molecular complexity index is 1040. The molecule has 3 atom stereocenters. The van der Waals surface area contributed by atoms with E-state index in [9.17, 15) is 19.8 Å². The summed E-state index contributed by atoms with van der Waals surface area (Å²) >= 11 is 0. The Labute approximate surface area is 372 Å². The van der Waals surface area contributed by atoms with Crippen LogP contribution in [0.3, 0.4) is 0 Å². The van der Waals surface area contributed by atoms with Crippen molar-refractivity contribution in [3.63, 3.8) is 0 Å². The Morgan fingerprint density at radius 1 is 0.500 bits per heavy atom. The summed E-state index contributed by atoms with van der Waals surface area (Å²) in [5.41, 5.74) is 0. The number of allylic oxidation sites excluding steroid dienone is 8. The monoisotopic (exact) mass is 842 g/mol. The largest absolute Gasteiger partial charge is 0.462 e. The first kappa shape index (κ1) is 57.8. The summed E-state index contributed by atoms with van der Waals surface area (Å²) in [4.78, 5) is 26.1. The van der Waals surface area contributed by atoms with Gasteiger partial charge in [-0.25, -0.2) is 0 Å². The summed E-state index contributed by atoms with van der Waals surface area (Å²) in [6.45, 7) is 6.36. The molecule has 0 saturated carbocycles. The fourth-order valence-electron chi connectivity index (χ4n) is 7.77. The number of rotatable bonds is 46. The first-order valence-electron chi connectivity index (χ1n) is 25.9. The van der Waals surface area contributed by atoms with Gasteiger partial charge >= 0.3 is 5.97 Å². The van der Waals surface area contributed by atoms with E-state index < -0.39 is 18.2 Å². The lowest BCUT2D eigenvalue weighted by Gasteiger charge is -2.24. The van der Waals surface area contributed by atoms with E-state index >= 15 is 0 Å². The van der Waals surface area contributed by atoms with Crippen molar-refractivity contribution in [1.29, 1.82) is 0 Å². The van der Waals surface area contributed by atoms with Crippen LogP contribution in [0.1, 0.15) is 258 Å². The van der Waals surface area contributed by atoms with Crippen molar-refractivity contribution in [1.82, 2.24) is 5.32 Å². The van der Waals surface area contributed by atoms with Gasteiger partial charge in [0, 0.05) is 6.42 Å². The number of carbonyl (C=O) groups excluding carboxylic acids is 2. The Morgan fingerprint density at radius 2 is 0.900 bits per heavy atom. The first-order chi connectivity index (χ1) is 29.5. The van der Waals surface area contributed by atoms with Gasteiger partial charge in [0.2, 0.25) is 5.91 Å². The predicted molar refractivity (Wildman–Crippen MR) is 259 cm³/mol. The van der Waals surface area contributed by atoms with E-state index in [1.807, 2.05) is 0 Å². The SMILES string of the molecule is CC/C=C/C/C=C/C/C=C/C/C=C/CCCCCC(=O)OC(CCCCCCCCCCCC)CC(=O)NC(CO)C(O)CCCCCCCCCCCCCCCCC. The molecule has 0 heterocycles. The number of unbranched alkanes of at least 4 members (excludes halogenated alkanes) is 26. The molecule has 0 fully saturated rings. The van der Waals surface area contributed by atoms with Crippen LogP contribution in [0.25, 0.3) is 0 Å². The molecule has 0 aromatic heterocycles. The third-order valence-corrected chi connectivity index (χ3v) is 11.7. The number of carbonyl (C=O) groups is 2. The van der Waals surface area contributed by atoms with Crippen LogP contribution in [0.4, 0.5) is 0 Å². The molecular weight excluding hydrogens is 743 g/mol. The second-order valence-electron chi connectivity index (χ2n) is 17.5. The second-order valence-corrected chi connectivity index (χ2v) is 17.5. The summed E-state index contributed by atoms with van der Waals surface area (Å²) < 4.78 is 5.91. The van der Waals surface area contributed by atoms with Crippen molar-refractivity contribution in [2.75, 3.05) is 6.61 Å². The Balaban J connectivity index is 4.53. The molecule has 0 rings (SSSR count). The van der Waals surface area contributed by atoms with Crippen LogP contribution in [-0.2, 0) is 14.3 Å². The van der Waals surface area contributed by atoms with Gasteiger partial charge in [0.15, 0.2) is 0 Å². The summed E-state index contributed by atoms with van der Waals surface area (Å²) in [5.74, 6) is -0.504. The predicted octanol–water partition coefficient (Wildman–Crippen LogP) is 15.5. The molecule has 6 nitrogen and oxygen atoms in total. The highest BCUT2D eigenvalue weighted by Gasteiger charge is 2.24. The van der Waals surface area contributed by atoms with Crippen LogP contribution in [-0.4, -0.2) is 46.9 Å². The third-order valence-electron chi connectivity index (χ3n) is 11.7. The highest BCUT2D eigenvalue weighted by atomic mass is 16.5. The topological polar surface area (TPSA) is 95.9 Å². The van der Waals surface area contributed by atoms with Gasteiger partial charge < -0.3 is 20.3 Å². The first-order valence-corrected chi connectivity index (χ1v) is 25.9. The fraction of sp³-hybridized carbons (Fsp3) is 0.815. The molecule has 0 aliphatic carbocycles. The molecule has 0 aromatic rings. The average Bonchev–Trinajstić information content (AvgIpc) is 3.24. The fourth-order valence-corrected chi connectivity index (χ4v) is 7.77. The average molecular weight is 842 g/mol. The van der Waals surface area contributed by atoms with Gasteiger partial charge in [0.05, 0.1) is 25.2 Å². The minimum absolute atomic E-state index is 0.0666. The minimum Gasteiger partial charge on any atom is -0.462 e. The Morgan fingerprint density at radius 3 is 1.35 bits per heavy atom. The van der Waals surface area contributed by atoms with Crippen molar-refractivity contribution < 1.29 is 24.5 Å². The van der Waals surface area contributed by atoms with E-state index in [4.69, 9.17) is 4.74 Å². The van der Waals surface area contributed by atoms with Crippen LogP contribution in [0, 0.1) is 0 Å². The van der Waals surface area contributed by atoms with Gasteiger partial charge in [-0.15, -0.1) is 0 Å². The summed E-state index contributed by atoms with van der Waals surface area (Å²) in [6.07, 6.45) is 57.4. The highest BCUT2D eigenvalue weighted by Crippen LogP contribution is 2.18. The normalized spacial score (nSPS) is 13.6. The van der Waals surface area contributed by atoms with Crippen LogP contribution in [0.5, 0.6) is 0 Å². The number of hydrogen-bond acceptors (Lipinski definition) is 5. The molecule has 0 aliphatic heterocycles. The van der Waals surface area contributed by atoms with Crippen LogP contribution in [0.2, 0.25) is 0 Å². The molecule has 6 heteroatoms. The van der Waals surface area contributed by atoms with Crippen molar-refractivity contribution in [2.45, 2.75) is 277 Å². The number of hydrogen-bond donors (Lipinski definition) is 3. The standard InChI is InChI=1S/C54H99NO5/c1-4-7-10-13-16-19-22-24-26-28-30-32-35-38-41-44-47-54(59)60-50(45-42-39-36-33-21-18-15-12-9-6-3)48-53(58)55-51(49-56)52(57)46-43-40-37-34-31-29-27-25-23-20-17-14-11-8-5-2/h7,10,16,19,24,26,30,32,50-52,56-57H,4-6,8-9,11-15,17-18,20-23,25,27-29,31,33-49H2,1-3H3,(H,55,58)/b10-7+,19-16+,26-24+,32-30+. The molecule has 1 amide bonds. The zero-order valence-electron chi connectivity index (χ0n) is 39.8. The van der Waals surface area contributed by atoms with E-state index in [2.05, 4.69) is 74.7 Å². The lowest BCUT2D eigenvalue weighted by Crippen LogP contribution is -2.46. The van der Waals surface area contributed by atoms with Gasteiger partial charge in [0.25, 0.3) is 0 Å². The molecule has 0 aliphatic rings. The molecule has 0 spiro atoms. The zero-order chi connectivity index (χ0) is 43.8. The minimum atomic E-state index is -0.791. The zero-order valence-corrected chi connectivity index (χ0v) is 39.8. The summed E-state index contributed by atoms with van der Waals surface area (Å²) in [6, 6.07) is -0.706. The molecule has 0 bridgehead atoms. The molecule has 0 aromatic carbocycles. The van der Waals surface area contributed by atoms with E-state index in [0.29, 0.717) is 19.3 Å². The van der Waals surface area contributed by atoms with Gasteiger partial charge in [0.1, 0.15) is 6.10 Å². The van der Waals surface area contributed by atoms with E-state index in [1.54, 1.807) is 0 Å². The van der Waals surface area contributed by atoms with Crippen molar-refractivity contribution in [3.8, 4) is 0 Å². The lowest BCUT2D eigenvalue weighted by atomic mass is 10.0. The Kier molecular flexibility index (Phi) is 46.1. The lowest BCUT2D eigenvalue weighted by molar-refractivity contribution is -0.151. The van der Waals surface area contributed by atoms with E-state index in [1.165, 1.54) is 122 Å². The Hall–Kier alpha value is -2.18. The van der Waals surface area contributed by atoms with Crippen molar-refractivity contribution in [2.24, 2.45) is 0 Å². The second kappa shape index (κ2) is 47.9. The number of esters is 1.